The van der Waals surface area contributed by atoms with Gasteiger partial charge in [-0.1, -0.05) is 30.3 Å². The van der Waals surface area contributed by atoms with E-state index < -0.39 is 11.9 Å². The first-order valence-corrected chi connectivity index (χ1v) is 8.78. The molecule has 0 aliphatic heterocycles. The normalized spacial score (nSPS) is 10.8. The Morgan fingerprint density at radius 2 is 1.93 bits per heavy atom. The minimum absolute atomic E-state index is 0.0438. The first kappa shape index (κ1) is 18.3. The van der Waals surface area contributed by atoms with Crippen molar-refractivity contribution in [2.24, 2.45) is 7.05 Å². The van der Waals surface area contributed by atoms with Gasteiger partial charge in [0, 0.05) is 7.05 Å². The lowest BCUT2D eigenvalue weighted by molar-refractivity contribution is 0.0686. The Balaban J connectivity index is 1.42. The summed E-state index contributed by atoms with van der Waals surface area (Å²) in [5.41, 5.74) is -0.0277. The molecule has 2 N–H and O–H groups in total. The Kier molecular flexibility index (Phi) is 4.74. The van der Waals surface area contributed by atoms with Crippen LogP contribution in [0.1, 0.15) is 26.8 Å². The number of aryl methyl sites for hydroxylation is 1. The van der Waals surface area contributed by atoms with Crippen molar-refractivity contribution < 1.29 is 23.8 Å². The van der Waals surface area contributed by atoms with E-state index in [0.717, 1.165) is 10.8 Å². The number of aromatic carboxylic acids is 1. The second-order valence-corrected chi connectivity index (χ2v) is 6.35. The molecule has 0 aliphatic carbocycles. The van der Waals surface area contributed by atoms with Gasteiger partial charge >= 0.3 is 5.97 Å². The number of aromatic nitrogens is 2. The van der Waals surface area contributed by atoms with Gasteiger partial charge in [-0.25, -0.2) is 4.79 Å². The lowest BCUT2D eigenvalue weighted by Gasteiger charge is -2.06. The Labute approximate surface area is 165 Å². The zero-order valence-electron chi connectivity index (χ0n) is 15.5. The molecule has 0 unspecified atom stereocenters. The molecule has 0 saturated heterocycles. The summed E-state index contributed by atoms with van der Waals surface area (Å²) in [7, 11) is 1.48. The highest BCUT2D eigenvalue weighted by Gasteiger charge is 2.20. The van der Waals surface area contributed by atoms with Crippen LogP contribution < -0.4 is 10.1 Å². The highest BCUT2D eigenvalue weighted by molar-refractivity contribution is 6.05. The van der Waals surface area contributed by atoms with Crippen LogP contribution in [0.5, 0.6) is 5.75 Å². The smallest absolute Gasteiger partial charge is 0.356 e. The number of furan rings is 1. The molecule has 0 aliphatic rings. The van der Waals surface area contributed by atoms with Crippen molar-refractivity contribution in [3.8, 4) is 5.75 Å². The summed E-state index contributed by atoms with van der Waals surface area (Å²) in [6.45, 7) is 0.152. The van der Waals surface area contributed by atoms with E-state index >= 15 is 0 Å². The molecule has 146 valence electrons. The molecule has 0 bridgehead atoms. The molecule has 4 aromatic rings. The number of carboxylic acid groups (broad SMARTS) is 1. The maximum absolute atomic E-state index is 12.4. The van der Waals surface area contributed by atoms with Gasteiger partial charge in [0.15, 0.2) is 11.5 Å². The number of carbonyl (C=O) groups is 2. The van der Waals surface area contributed by atoms with E-state index in [0.29, 0.717) is 11.5 Å². The third kappa shape index (κ3) is 3.81. The average Bonchev–Trinajstić information content (AvgIpc) is 3.33. The molecule has 2 aromatic carbocycles. The van der Waals surface area contributed by atoms with Gasteiger partial charge in [0.1, 0.15) is 18.1 Å². The summed E-state index contributed by atoms with van der Waals surface area (Å²) in [6.07, 6.45) is 1.27. The minimum Gasteiger partial charge on any atom is -0.486 e. The molecule has 0 saturated carbocycles. The molecule has 2 heterocycles. The molecule has 0 fully saturated rings. The monoisotopic (exact) mass is 391 g/mol. The summed E-state index contributed by atoms with van der Waals surface area (Å²) in [5.74, 6) is -0.565. The Hall–Kier alpha value is -4.07. The Bertz CT molecular complexity index is 1210. The second kappa shape index (κ2) is 7.51. The summed E-state index contributed by atoms with van der Waals surface area (Å²) in [5, 5.41) is 17.7. The maximum Gasteiger partial charge on any atom is 0.356 e. The molecular weight excluding hydrogens is 374 g/mol. The van der Waals surface area contributed by atoms with Gasteiger partial charge < -0.3 is 19.6 Å². The first-order chi connectivity index (χ1) is 14.0. The van der Waals surface area contributed by atoms with E-state index in [2.05, 4.69) is 10.4 Å². The summed E-state index contributed by atoms with van der Waals surface area (Å²) in [4.78, 5) is 23.6. The van der Waals surface area contributed by atoms with E-state index in [-0.39, 0.29) is 23.7 Å². The van der Waals surface area contributed by atoms with E-state index in [1.165, 1.54) is 24.0 Å². The van der Waals surface area contributed by atoms with Crippen LogP contribution in [0, 0.1) is 0 Å². The van der Waals surface area contributed by atoms with Gasteiger partial charge in [0.05, 0.1) is 11.9 Å². The minimum atomic E-state index is -1.19. The third-order valence-corrected chi connectivity index (χ3v) is 4.38. The van der Waals surface area contributed by atoms with E-state index in [4.69, 9.17) is 9.15 Å². The van der Waals surface area contributed by atoms with Gasteiger partial charge in [-0.2, -0.15) is 5.10 Å². The standard InChI is InChI=1S/C21H17N3O5/c1-24-19(21(26)27)17(11-22-24)23-20(25)18-9-8-16(29-18)12-28-15-7-6-13-4-2-3-5-14(13)10-15/h2-11H,12H2,1H3,(H,23,25)(H,26,27). The highest BCUT2D eigenvalue weighted by Crippen LogP contribution is 2.22. The summed E-state index contributed by atoms with van der Waals surface area (Å²) in [6, 6.07) is 16.9. The molecule has 8 nitrogen and oxygen atoms in total. The number of fused-ring (bicyclic) bond motifs is 1. The average molecular weight is 391 g/mol. The van der Waals surface area contributed by atoms with Crippen molar-refractivity contribution in [3.05, 3.63) is 78.0 Å². The largest absolute Gasteiger partial charge is 0.486 e. The Morgan fingerprint density at radius 1 is 1.14 bits per heavy atom. The molecule has 2 aromatic heterocycles. The number of ether oxygens (including phenoxy) is 1. The van der Waals surface area contributed by atoms with E-state index in [1.54, 1.807) is 6.07 Å². The number of hydrogen-bond acceptors (Lipinski definition) is 5. The second-order valence-electron chi connectivity index (χ2n) is 6.35. The van der Waals surface area contributed by atoms with Crippen molar-refractivity contribution in [1.82, 2.24) is 9.78 Å². The van der Waals surface area contributed by atoms with Crippen molar-refractivity contribution in [2.45, 2.75) is 6.61 Å². The number of nitrogens with one attached hydrogen (secondary N) is 1. The van der Waals surface area contributed by atoms with E-state index in [1.807, 2.05) is 42.5 Å². The van der Waals surface area contributed by atoms with E-state index in [9.17, 15) is 14.7 Å². The third-order valence-electron chi connectivity index (χ3n) is 4.38. The zero-order valence-corrected chi connectivity index (χ0v) is 15.5. The summed E-state index contributed by atoms with van der Waals surface area (Å²) >= 11 is 0. The number of nitrogens with zero attached hydrogens (tertiary/aromatic N) is 2. The predicted octanol–water partition coefficient (Wildman–Crippen LogP) is 3.70. The number of benzene rings is 2. The van der Waals surface area contributed by atoms with Gasteiger partial charge in [-0.15, -0.1) is 0 Å². The van der Waals surface area contributed by atoms with Gasteiger partial charge in [-0.3, -0.25) is 9.48 Å². The van der Waals surface area contributed by atoms with Crippen LogP contribution in [-0.4, -0.2) is 26.8 Å². The SMILES string of the molecule is Cn1ncc(NC(=O)c2ccc(COc3ccc4ccccc4c3)o2)c1C(=O)O. The van der Waals surface area contributed by atoms with Crippen molar-refractivity contribution in [3.63, 3.8) is 0 Å². The highest BCUT2D eigenvalue weighted by atomic mass is 16.5. The van der Waals surface area contributed by atoms with Crippen LogP contribution in [0.2, 0.25) is 0 Å². The van der Waals surface area contributed by atoms with Crippen LogP contribution in [0.3, 0.4) is 0 Å². The molecular formula is C21H17N3O5. The molecule has 0 radical (unpaired) electrons. The van der Waals surface area contributed by atoms with Crippen LogP contribution >= 0.6 is 0 Å². The number of hydrogen-bond donors (Lipinski definition) is 2. The molecule has 0 spiro atoms. The maximum atomic E-state index is 12.4. The zero-order chi connectivity index (χ0) is 20.4. The number of carboxylic acids is 1. The van der Waals surface area contributed by atoms with Crippen LogP contribution in [-0.2, 0) is 13.7 Å². The number of amides is 1. The van der Waals surface area contributed by atoms with Crippen molar-refractivity contribution >= 4 is 28.3 Å². The molecule has 0 atom stereocenters. The van der Waals surface area contributed by atoms with Gasteiger partial charge in [0.2, 0.25) is 0 Å². The Morgan fingerprint density at radius 3 is 2.72 bits per heavy atom. The number of rotatable bonds is 6. The quantitative estimate of drug-likeness (QED) is 0.519. The molecule has 8 heteroatoms. The van der Waals surface area contributed by atoms with Gasteiger partial charge in [-0.05, 0) is 35.0 Å². The van der Waals surface area contributed by atoms with Crippen LogP contribution in [0.25, 0.3) is 10.8 Å². The fourth-order valence-corrected chi connectivity index (χ4v) is 2.96. The fourth-order valence-electron chi connectivity index (χ4n) is 2.96. The lowest BCUT2D eigenvalue weighted by atomic mass is 10.1. The summed E-state index contributed by atoms with van der Waals surface area (Å²) < 4.78 is 12.4. The predicted molar refractivity (Wildman–Crippen MR) is 105 cm³/mol. The molecule has 29 heavy (non-hydrogen) atoms. The topological polar surface area (TPSA) is 107 Å². The molecule has 4 rings (SSSR count). The van der Waals surface area contributed by atoms with Crippen molar-refractivity contribution in [1.29, 1.82) is 0 Å². The van der Waals surface area contributed by atoms with Crippen LogP contribution in [0.15, 0.2) is 65.2 Å². The molecule has 1 amide bonds. The van der Waals surface area contributed by atoms with Crippen molar-refractivity contribution in [2.75, 3.05) is 5.32 Å². The van der Waals surface area contributed by atoms with Crippen LogP contribution in [0.4, 0.5) is 5.69 Å². The number of anilines is 1. The fraction of sp³-hybridized carbons (Fsp3) is 0.0952. The first-order valence-electron chi connectivity index (χ1n) is 8.78. The van der Waals surface area contributed by atoms with Gasteiger partial charge in [0.25, 0.3) is 5.91 Å². The number of carbonyl (C=O) groups excluding carboxylic acids is 1. The lowest BCUT2D eigenvalue weighted by Crippen LogP contribution is -2.15.